The van der Waals surface area contributed by atoms with Gasteiger partial charge in [0.25, 0.3) is 0 Å². The third-order valence-corrected chi connectivity index (χ3v) is 4.45. The normalized spacial score (nSPS) is 18.6. The highest BCUT2D eigenvalue weighted by Gasteiger charge is 2.29. The number of amides is 1. The fourth-order valence-electron chi connectivity index (χ4n) is 3.04. The van der Waals surface area contributed by atoms with Gasteiger partial charge in [0.1, 0.15) is 5.75 Å². The molecule has 8 heteroatoms. The Kier molecular flexibility index (Phi) is 8.70. The molecule has 1 saturated heterocycles. The van der Waals surface area contributed by atoms with Crippen molar-refractivity contribution in [2.24, 2.45) is 11.8 Å². The van der Waals surface area contributed by atoms with Gasteiger partial charge in [-0.05, 0) is 62.4 Å². The van der Waals surface area contributed by atoms with Crippen LogP contribution < -0.4 is 15.4 Å². The highest BCUT2D eigenvalue weighted by atomic mass is 35.5. The molecule has 1 fully saturated rings. The fraction of sp³-hybridized carbons (Fsp3) is 0.611. The van der Waals surface area contributed by atoms with Gasteiger partial charge >= 0.3 is 6.18 Å². The van der Waals surface area contributed by atoms with Crippen molar-refractivity contribution in [2.45, 2.75) is 39.3 Å². The molecule has 0 aromatic heterocycles. The molecule has 0 saturated carbocycles. The fourth-order valence-corrected chi connectivity index (χ4v) is 3.04. The summed E-state index contributed by atoms with van der Waals surface area (Å²) in [7, 11) is 0. The smallest absolute Gasteiger partial charge is 0.422 e. The number of ether oxygens (including phenoxy) is 1. The summed E-state index contributed by atoms with van der Waals surface area (Å²) in [5, 5.41) is 6.02. The molecule has 1 heterocycles. The molecule has 0 radical (unpaired) electrons. The van der Waals surface area contributed by atoms with Crippen LogP contribution >= 0.6 is 12.4 Å². The summed E-state index contributed by atoms with van der Waals surface area (Å²) in [6.07, 6.45) is -1.90. The van der Waals surface area contributed by atoms with Crippen LogP contribution in [0.1, 0.15) is 31.7 Å². The van der Waals surface area contributed by atoms with E-state index in [4.69, 9.17) is 4.74 Å². The van der Waals surface area contributed by atoms with Crippen LogP contribution in [0.2, 0.25) is 0 Å². The third kappa shape index (κ3) is 7.41. The predicted molar refractivity (Wildman–Crippen MR) is 98.0 cm³/mol. The third-order valence-electron chi connectivity index (χ3n) is 4.45. The first kappa shape index (κ1) is 22.6. The van der Waals surface area contributed by atoms with Crippen LogP contribution in [-0.2, 0) is 4.79 Å². The Morgan fingerprint density at radius 2 is 2.15 bits per heavy atom. The van der Waals surface area contributed by atoms with Crippen molar-refractivity contribution in [2.75, 3.05) is 25.0 Å². The number of benzene rings is 1. The SMILES string of the molecule is Cc1ccc(NC(=O)CC(C)C2CCCNC2)c(OCC(F)(F)F)c1.Cl. The summed E-state index contributed by atoms with van der Waals surface area (Å²) in [6, 6.07) is 4.80. The van der Waals surface area contributed by atoms with Crippen LogP contribution in [0.25, 0.3) is 0 Å². The second kappa shape index (κ2) is 10.0. The molecule has 0 aliphatic carbocycles. The summed E-state index contributed by atoms with van der Waals surface area (Å²) in [6.45, 7) is 4.32. The molecule has 1 aromatic rings. The van der Waals surface area contributed by atoms with E-state index in [9.17, 15) is 18.0 Å². The Morgan fingerprint density at radius 1 is 1.42 bits per heavy atom. The van der Waals surface area contributed by atoms with Gasteiger partial charge in [-0.15, -0.1) is 12.4 Å². The Balaban J connectivity index is 0.00000338. The zero-order valence-electron chi connectivity index (χ0n) is 15.0. The van der Waals surface area contributed by atoms with E-state index in [1.165, 1.54) is 6.07 Å². The summed E-state index contributed by atoms with van der Waals surface area (Å²) < 4.78 is 42.0. The second-order valence-electron chi connectivity index (χ2n) is 6.74. The molecule has 26 heavy (non-hydrogen) atoms. The number of hydrogen-bond acceptors (Lipinski definition) is 3. The van der Waals surface area contributed by atoms with E-state index in [2.05, 4.69) is 10.6 Å². The van der Waals surface area contributed by atoms with Crippen molar-refractivity contribution in [3.05, 3.63) is 23.8 Å². The summed E-state index contributed by atoms with van der Waals surface area (Å²) in [5.74, 6) is 0.479. The van der Waals surface area contributed by atoms with Crippen molar-refractivity contribution in [1.82, 2.24) is 5.32 Å². The number of halogens is 4. The Labute approximate surface area is 158 Å². The van der Waals surface area contributed by atoms with Crippen LogP contribution in [0, 0.1) is 18.8 Å². The molecule has 2 atom stereocenters. The van der Waals surface area contributed by atoms with E-state index in [1.807, 2.05) is 6.92 Å². The topological polar surface area (TPSA) is 50.4 Å². The molecule has 1 aliphatic heterocycles. The Bertz CT molecular complexity index is 590. The summed E-state index contributed by atoms with van der Waals surface area (Å²) in [4.78, 5) is 12.3. The van der Waals surface area contributed by atoms with E-state index in [0.717, 1.165) is 31.5 Å². The first-order valence-corrected chi connectivity index (χ1v) is 8.55. The highest BCUT2D eigenvalue weighted by molar-refractivity contribution is 5.92. The zero-order valence-corrected chi connectivity index (χ0v) is 15.8. The number of hydrogen-bond donors (Lipinski definition) is 2. The van der Waals surface area contributed by atoms with Crippen LogP contribution in [-0.4, -0.2) is 31.8 Å². The lowest BCUT2D eigenvalue weighted by Crippen LogP contribution is -2.34. The van der Waals surface area contributed by atoms with Crippen LogP contribution in [0.3, 0.4) is 0 Å². The molecular weight excluding hydrogens is 369 g/mol. The van der Waals surface area contributed by atoms with Gasteiger partial charge in [-0.3, -0.25) is 4.79 Å². The first-order chi connectivity index (χ1) is 11.7. The number of aryl methyl sites for hydroxylation is 1. The molecule has 1 aliphatic rings. The number of nitrogens with one attached hydrogen (secondary N) is 2. The number of rotatable bonds is 6. The van der Waals surface area contributed by atoms with Crippen molar-refractivity contribution in [3.8, 4) is 5.75 Å². The molecule has 0 bridgehead atoms. The van der Waals surface area contributed by atoms with Crippen molar-refractivity contribution in [1.29, 1.82) is 0 Å². The first-order valence-electron chi connectivity index (χ1n) is 8.55. The lowest BCUT2D eigenvalue weighted by atomic mass is 9.85. The lowest BCUT2D eigenvalue weighted by molar-refractivity contribution is -0.153. The zero-order chi connectivity index (χ0) is 18.4. The van der Waals surface area contributed by atoms with Crippen molar-refractivity contribution in [3.63, 3.8) is 0 Å². The van der Waals surface area contributed by atoms with Crippen molar-refractivity contribution < 1.29 is 22.7 Å². The molecule has 1 amide bonds. The standard InChI is InChI=1S/C18H25F3N2O2.ClH/c1-12-5-6-15(16(8-12)25-11-18(19,20)21)23-17(24)9-13(2)14-4-3-7-22-10-14;/h5-6,8,13-14,22H,3-4,7,9-11H2,1-2H3,(H,23,24);1H. The largest absolute Gasteiger partial charge is 0.482 e. The van der Waals surface area contributed by atoms with Gasteiger partial charge in [0.05, 0.1) is 5.69 Å². The molecule has 148 valence electrons. The quantitative estimate of drug-likeness (QED) is 0.755. The Hall–Kier alpha value is -1.47. The maximum absolute atomic E-state index is 12.4. The second-order valence-corrected chi connectivity index (χ2v) is 6.74. The van der Waals surface area contributed by atoms with E-state index < -0.39 is 12.8 Å². The number of carbonyl (C=O) groups excluding carboxylic acids is 1. The lowest BCUT2D eigenvalue weighted by Gasteiger charge is -2.28. The predicted octanol–water partition coefficient (Wildman–Crippen LogP) is 4.32. The monoisotopic (exact) mass is 394 g/mol. The van der Waals surface area contributed by atoms with Gasteiger partial charge < -0.3 is 15.4 Å². The summed E-state index contributed by atoms with van der Waals surface area (Å²) in [5.41, 5.74) is 1.03. The molecule has 2 N–H and O–H groups in total. The van der Waals surface area contributed by atoms with Gasteiger partial charge in [-0.25, -0.2) is 0 Å². The average Bonchev–Trinajstić information content (AvgIpc) is 2.55. The van der Waals surface area contributed by atoms with E-state index in [0.29, 0.717) is 12.3 Å². The van der Waals surface area contributed by atoms with E-state index >= 15 is 0 Å². The van der Waals surface area contributed by atoms with Gasteiger partial charge in [-0.1, -0.05) is 13.0 Å². The summed E-state index contributed by atoms with van der Waals surface area (Å²) >= 11 is 0. The van der Waals surface area contributed by atoms with Gasteiger partial charge in [-0.2, -0.15) is 13.2 Å². The minimum atomic E-state index is -4.42. The van der Waals surface area contributed by atoms with Gasteiger partial charge in [0.2, 0.25) is 5.91 Å². The number of carbonyl (C=O) groups is 1. The minimum Gasteiger partial charge on any atom is -0.482 e. The van der Waals surface area contributed by atoms with Gasteiger partial charge in [0.15, 0.2) is 6.61 Å². The highest BCUT2D eigenvalue weighted by Crippen LogP contribution is 2.29. The average molecular weight is 395 g/mol. The van der Waals surface area contributed by atoms with Crippen molar-refractivity contribution >= 4 is 24.0 Å². The number of anilines is 1. The molecule has 0 spiro atoms. The van der Waals surface area contributed by atoms with E-state index in [-0.39, 0.29) is 35.7 Å². The molecule has 4 nitrogen and oxygen atoms in total. The minimum absolute atomic E-state index is 0. The Morgan fingerprint density at radius 3 is 2.77 bits per heavy atom. The molecule has 2 rings (SSSR count). The molecule has 1 aromatic carbocycles. The number of piperidine rings is 1. The maximum Gasteiger partial charge on any atom is 0.422 e. The van der Waals surface area contributed by atoms with Gasteiger partial charge in [0, 0.05) is 6.42 Å². The number of alkyl halides is 3. The molecular formula is C18H26ClF3N2O2. The maximum atomic E-state index is 12.4. The van der Waals surface area contributed by atoms with Crippen LogP contribution in [0.15, 0.2) is 18.2 Å². The van der Waals surface area contributed by atoms with Crippen LogP contribution in [0.5, 0.6) is 5.75 Å². The molecule has 2 unspecified atom stereocenters. The van der Waals surface area contributed by atoms with Crippen LogP contribution in [0.4, 0.5) is 18.9 Å². The van der Waals surface area contributed by atoms with E-state index in [1.54, 1.807) is 19.1 Å².